The molecule has 0 saturated carbocycles. The van der Waals surface area contributed by atoms with E-state index in [1.807, 2.05) is 13.8 Å². The van der Waals surface area contributed by atoms with Crippen molar-refractivity contribution in [2.75, 3.05) is 0 Å². The van der Waals surface area contributed by atoms with E-state index in [-0.39, 0.29) is 22.8 Å². The van der Waals surface area contributed by atoms with Crippen LogP contribution >= 0.6 is 0 Å². The summed E-state index contributed by atoms with van der Waals surface area (Å²) in [6.45, 7) is 9.42. The highest BCUT2D eigenvalue weighted by atomic mass is 32.2. The molecule has 0 aromatic heterocycles. The number of hydrogen-bond acceptors (Lipinski definition) is 3. The Morgan fingerprint density at radius 3 is 1.85 bits per heavy atom. The van der Waals surface area contributed by atoms with Gasteiger partial charge in [0.2, 0.25) is 10.0 Å². The highest BCUT2D eigenvalue weighted by molar-refractivity contribution is 7.89. The molecule has 0 aliphatic heterocycles. The maximum Gasteiger partial charge on any atom is 0.240 e. The summed E-state index contributed by atoms with van der Waals surface area (Å²) in [6.07, 6.45) is -0.466. The standard InChI is InChI=1S/C15H25NO3S/c1-10(2)15(12(5)17)13-6-8-14(9-7-13)20(18,19)16-11(3)4/h6-12,15-17H,1-5H3. The summed E-state index contributed by atoms with van der Waals surface area (Å²) in [7, 11) is -3.45. The Morgan fingerprint density at radius 2 is 1.50 bits per heavy atom. The fraction of sp³-hybridized carbons (Fsp3) is 0.600. The molecular weight excluding hydrogens is 274 g/mol. The molecule has 2 atom stereocenters. The smallest absolute Gasteiger partial charge is 0.240 e. The van der Waals surface area contributed by atoms with Crippen LogP contribution in [0.15, 0.2) is 29.2 Å². The molecule has 4 nitrogen and oxygen atoms in total. The Labute approximate surface area is 122 Å². The normalized spacial score (nSPS) is 15.6. The first-order valence-corrected chi connectivity index (χ1v) is 8.44. The van der Waals surface area contributed by atoms with Crippen LogP contribution in [-0.4, -0.2) is 25.7 Å². The molecule has 0 spiro atoms. The molecule has 0 aliphatic rings. The zero-order chi connectivity index (χ0) is 15.5. The van der Waals surface area contributed by atoms with Crippen LogP contribution < -0.4 is 4.72 Å². The molecular formula is C15H25NO3S. The predicted octanol–water partition coefficient (Wildman–Crippen LogP) is 2.49. The number of hydrogen-bond donors (Lipinski definition) is 2. The first kappa shape index (κ1) is 17.1. The van der Waals surface area contributed by atoms with Crippen LogP contribution in [0.25, 0.3) is 0 Å². The summed E-state index contributed by atoms with van der Waals surface area (Å²) in [5.74, 6) is 0.288. The number of rotatable bonds is 6. The summed E-state index contributed by atoms with van der Waals surface area (Å²) in [5.41, 5.74) is 0.957. The second-order valence-corrected chi connectivity index (χ2v) is 7.57. The zero-order valence-electron chi connectivity index (χ0n) is 12.8. The van der Waals surface area contributed by atoms with E-state index >= 15 is 0 Å². The Morgan fingerprint density at radius 1 is 1.00 bits per heavy atom. The van der Waals surface area contributed by atoms with Gasteiger partial charge in [-0.05, 0) is 44.4 Å². The van der Waals surface area contributed by atoms with Crippen molar-refractivity contribution in [3.63, 3.8) is 0 Å². The largest absolute Gasteiger partial charge is 0.393 e. The molecule has 0 bridgehead atoms. The van der Waals surface area contributed by atoms with Crippen LogP contribution in [0, 0.1) is 5.92 Å². The van der Waals surface area contributed by atoms with E-state index in [1.165, 1.54) is 0 Å². The highest BCUT2D eigenvalue weighted by Crippen LogP contribution is 2.28. The molecule has 2 N–H and O–H groups in total. The molecule has 5 heteroatoms. The number of benzene rings is 1. The van der Waals surface area contributed by atoms with E-state index < -0.39 is 16.1 Å². The molecule has 0 saturated heterocycles. The molecule has 1 aromatic carbocycles. The second-order valence-electron chi connectivity index (χ2n) is 5.86. The van der Waals surface area contributed by atoms with Crippen molar-refractivity contribution < 1.29 is 13.5 Å². The third-order valence-electron chi connectivity index (χ3n) is 3.20. The molecule has 0 radical (unpaired) electrons. The first-order valence-electron chi connectivity index (χ1n) is 6.95. The number of aliphatic hydroxyl groups is 1. The van der Waals surface area contributed by atoms with Gasteiger partial charge in [0.05, 0.1) is 11.0 Å². The van der Waals surface area contributed by atoms with Gasteiger partial charge in [-0.15, -0.1) is 0 Å². The van der Waals surface area contributed by atoms with Crippen LogP contribution in [0.3, 0.4) is 0 Å². The maximum atomic E-state index is 12.0. The van der Waals surface area contributed by atoms with E-state index in [9.17, 15) is 13.5 Å². The topological polar surface area (TPSA) is 66.4 Å². The van der Waals surface area contributed by atoms with Crippen molar-refractivity contribution in [1.29, 1.82) is 0 Å². The lowest BCUT2D eigenvalue weighted by Gasteiger charge is -2.24. The Hall–Kier alpha value is -0.910. The molecule has 0 heterocycles. The van der Waals surface area contributed by atoms with E-state index in [4.69, 9.17) is 0 Å². The minimum atomic E-state index is -3.45. The Kier molecular flexibility index (Phi) is 5.74. The summed E-state index contributed by atoms with van der Waals surface area (Å²) < 4.78 is 26.6. The van der Waals surface area contributed by atoms with Gasteiger partial charge in [0.15, 0.2) is 0 Å². The van der Waals surface area contributed by atoms with Crippen LogP contribution in [0.2, 0.25) is 0 Å². The lowest BCUT2D eigenvalue weighted by molar-refractivity contribution is 0.140. The van der Waals surface area contributed by atoms with Gasteiger partial charge in [0.1, 0.15) is 0 Å². The molecule has 114 valence electrons. The third kappa shape index (κ3) is 4.30. The van der Waals surface area contributed by atoms with Crippen molar-refractivity contribution in [1.82, 2.24) is 4.72 Å². The van der Waals surface area contributed by atoms with Crippen LogP contribution in [0.4, 0.5) is 0 Å². The van der Waals surface area contributed by atoms with E-state index in [2.05, 4.69) is 4.72 Å². The van der Waals surface area contributed by atoms with Gasteiger partial charge in [-0.25, -0.2) is 13.1 Å². The van der Waals surface area contributed by atoms with E-state index in [0.717, 1.165) is 5.56 Å². The van der Waals surface area contributed by atoms with Crippen molar-refractivity contribution in [3.05, 3.63) is 29.8 Å². The summed E-state index contributed by atoms with van der Waals surface area (Å²) in [4.78, 5) is 0.253. The van der Waals surface area contributed by atoms with Gasteiger partial charge in [-0.2, -0.15) is 0 Å². The van der Waals surface area contributed by atoms with Crippen LogP contribution in [0.5, 0.6) is 0 Å². The monoisotopic (exact) mass is 299 g/mol. The van der Waals surface area contributed by atoms with E-state index in [1.54, 1.807) is 45.0 Å². The van der Waals surface area contributed by atoms with Gasteiger partial charge in [-0.3, -0.25) is 0 Å². The first-order chi connectivity index (χ1) is 9.15. The SMILES string of the molecule is CC(C)NS(=O)(=O)c1ccc(C(C(C)C)C(C)O)cc1. The fourth-order valence-corrected chi connectivity index (χ4v) is 3.72. The Bertz CT molecular complexity index is 511. The molecule has 2 unspecified atom stereocenters. The van der Waals surface area contributed by atoms with Gasteiger partial charge in [0.25, 0.3) is 0 Å². The highest BCUT2D eigenvalue weighted by Gasteiger charge is 2.22. The van der Waals surface area contributed by atoms with E-state index in [0.29, 0.717) is 0 Å². The van der Waals surface area contributed by atoms with Crippen molar-refractivity contribution in [3.8, 4) is 0 Å². The van der Waals surface area contributed by atoms with Crippen LogP contribution in [-0.2, 0) is 10.0 Å². The minimum Gasteiger partial charge on any atom is -0.393 e. The molecule has 1 aromatic rings. The average Bonchev–Trinajstić information content (AvgIpc) is 2.26. The fourth-order valence-electron chi connectivity index (χ4n) is 2.47. The third-order valence-corrected chi connectivity index (χ3v) is 4.88. The number of sulfonamides is 1. The lowest BCUT2D eigenvalue weighted by atomic mass is 9.85. The predicted molar refractivity (Wildman–Crippen MR) is 81.2 cm³/mol. The maximum absolute atomic E-state index is 12.0. The summed E-state index contributed by atoms with van der Waals surface area (Å²) in [5, 5.41) is 9.85. The van der Waals surface area contributed by atoms with Crippen LogP contribution in [0.1, 0.15) is 46.1 Å². The lowest BCUT2D eigenvalue weighted by Crippen LogP contribution is -2.30. The number of aliphatic hydroxyl groups excluding tert-OH is 1. The zero-order valence-corrected chi connectivity index (χ0v) is 13.6. The van der Waals surface area contributed by atoms with Crippen molar-refractivity contribution in [2.45, 2.75) is 57.6 Å². The van der Waals surface area contributed by atoms with Crippen molar-refractivity contribution in [2.24, 2.45) is 5.92 Å². The van der Waals surface area contributed by atoms with Gasteiger partial charge in [-0.1, -0.05) is 26.0 Å². The Balaban J connectivity index is 3.05. The quantitative estimate of drug-likeness (QED) is 0.848. The molecule has 20 heavy (non-hydrogen) atoms. The van der Waals surface area contributed by atoms with Crippen molar-refractivity contribution >= 4 is 10.0 Å². The second kappa shape index (κ2) is 6.70. The van der Waals surface area contributed by atoms with Gasteiger partial charge >= 0.3 is 0 Å². The van der Waals surface area contributed by atoms with Gasteiger partial charge < -0.3 is 5.11 Å². The number of nitrogens with one attached hydrogen (secondary N) is 1. The minimum absolute atomic E-state index is 0.00446. The summed E-state index contributed by atoms with van der Waals surface area (Å²) >= 11 is 0. The molecule has 1 rings (SSSR count). The van der Waals surface area contributed by atoms with Gasteiger partial charge in [0, 0.05) is 12.0 Å². The summed E-state index contributed by atoms with van der Waals surface area (Å²) in [6, 6.07) is 6.62. The molecule has 0 amide bonds. The average molecular weight is 299 g/mol. The molecule has 0 fully saturated rings. The molecule has 0 aliphatic carbocycles.